The van der Waals surface area contributed by atoms with Crippen LogP contribution in [0.15, 0.2) is 29.1 Å². The second-order valence-electron chi connectivity index (χ2n) is 5.18. The minimum atomic E-state index is -0.349. The summed E-state index contributed by atoms with van der Waals surface area (Å²) in [6.45, 7) is 3.05. The maximum atomic E-state index is 12.7. The molecule has 0 bridgehead atoms. The van der Waals surface area contributed by atoms with Crippen LogP contribution < -0.4 is 5.43 Å². The molecule has 0 unspecified atom stereocenters. The van der Waals surface area contributed by atoms with Crippen LogP contribution in [0.5, 0.6) is 0 Å². The van der Waals surface area contributed by atoms with Gasteiger partial charge in [0.05, 0.1) is 13.2 Å². The Morgan fingerprint density at radius 2 is 2.19 bits per heavy atom. The molecular formula is C16H18N2O3. The molecule has 2 aromatic rings. The third-order valence-corrected chi connectivity index (χ3v) is 3.83. The highest BCUT2D eigenvalue weighted by Crippen LogP contribution is 2.18. The molecule has 110 valence electrons. The van der Waals surface area contributed by atoms with E-state index in [1.807, 2.05) is 24.3 Å². The van der Waals surface area contributed by atoms with Gasteiger partial charge in [0.2, 0.25) is 0 Å². The zero-order valence-electron chi connectivity index (χ0n) is 12.0. The van der Waals surface area contributed by atoms with Gasteiger partial charge in [-0.2, -0.15) is 0 Å². The van der Waals surface area contributed by atoms with Gasteiger partial charge in [-0.1, -0.05) is 12.1 Å². The molecule has 2 heterocycles. The number of pyridine rings is 1. The summed E-state index contributed by atoms with van der Waals surface area (Å²) in [6, 6.07) is 7.48. The van der Waals surface area contributed by atoms with Crippen molar-refractivity contribution < 1.29 is 9.53 Å². The molecule has 5 heteroatoms. The first kappa shape index (κ1) is 13.7. The van der Waals surface area contributed by atoms with Crippen LogP contribution in [0.3, 0.4) is 0 Å². The van der Waals surface area contributed by atoms with Crippen molar-refractivity contribution in [3.63, 3.8) is 0 Å². The van der Waals surface area contributed by atoms with E-state index in [0.29, 0.717) is 30.6 Å². The summed E-state index contributed by atoms with van der Waals surface area (Å²) in [5, 5.41) is 0.668. The molecule has 0 atom stereocenters. The number of aryl methyl sites for hydroxylation is 1. The highest BCUT2D eigenvalue weighted by atomic mass is 16.6. The Kier molecular flexibility index (Phi) is 3.64. The average molecular weight is 286 g/mol. The molecule has 1 aromatic carbocycles. The van der Waals surface area contributed by atoms with Gasteiger partial charge in [-0.05, 0) is 31.9 Å². The normalized spacial score (nSPS) is 14.6. The molecule has 1 N–H and O–H groups in total. The monoisotopic (exact) mass is 286 g/mol. The third kappa shape index (κ3) is 2.51. The minimum absolute atomic E-state index is 0.00977. The summed E-state index contributed by atoms with van der Waals surface area (Å²) in [5.41, 5.74) is 2.48. The van der Waals surface area contributed by atoms with Crippen molar-refractivity contribution in [1.82, 2.24) is 9.88 Å². The van der Waals surface area contributed by atoms with Crippen molar-refractivity contribution in [1.29, 1.82) is 0 Å². The summed E-state index contributed by atoms with van der Waals surface area (Å²) < 4.78 is 5.05. The predicted molar refractivity (Wildman–Crippen MR) is 80.3 cm³/mol. The second kappa shape index (κ2) is 5.60. The lowest BCUT2D eigenvalue weighted by molar-refractivity contribution is 0.105. The fourth-order valence-electron chi connectivity index (χ4n) is 2.80. The first-order valence-corrected chi connectivity index (χ1v) is 7.25. The maximum Gasteiger partial charge on any atom is 0.410 e. The molecule has 3 rings (SSSR count). The summed E-state index contributed by atoms with van der Waals surface area (Å²) in [6.07, 6.45) is 1.24. The van der Waals surface area contributed by atoms with Gasteiger partial charge < -0.3 is 14.6 Å². The zero-order chi connectivity index (χ0) is 14.8. The van der Waals surface area contributed by atoms with Gasteiger partial charge in [0.15, 0.2) is 5.43 Å². The summed E-state index contributed by atoms with van der Waals surface area (Å²) in [4.78, 5) is 29.5. The number of carbonyl (C=O) groups excluding carboxylic acids is 1. The Balaban J connectivity index is 2.06. The lowest BCUT2D eigenvalue weighted by Gasteiger charge is -2.19. The van der Waals surface area contributed by atoms with E-state index in [0.717, 1.165) is 24.1 Å². The molecule has 1 amide bonds. The molecule has 5 nitrogen and oxygen atoms in total. The number of hydrogen-bond donors (Lipinski definition) is 1. The standard InChI is InChI=1S/C16H18N2O3/c1-2-21-16(20)18-9-5-8-14-12(10-18)15(19)11-6-3-4-7-13(11)17-14/h3-4,6-7H,2,5,8-10H2,1H3,(H,17,19). The van der Waals surface area contributed by atoms with E-state index >= 15 is 0 Å². The van der Waals surface area contributed by atoms with Gasteiger partial charge in [-0.3, -0.25) is 4.79 Å². The number of amides is 1. The summed E-state index contributed by atoms with van der Waals surface area (Å²) in [7, 11) is 0. The number of benzene rings is 1. The molecule has 21 heavy (non-hydrogen) atoms. The van der Waals surface area contributed by atoms with Crippen LogP contribution in [-0.2, 0) is 17.7 Å². The number of hydrogen-bond acceptors (Lipinski definition) is 3. The predicted octanol–water partition coefficient (Wildman–Crippen LogP) is 2.43. The van der Waals surface area contributed by atoms with Gasteiger partial charge in [0.25, 0.3) is 0 Å². The maximum absolute atomic E-state index is 12.7. The van der Waals surface area contributed by atoms with Crippen LogP contribution in [0.25, 0.3) is 10.9 Å². The fourth-order valence-corrected chi connectivity index (χ4v) is 2.80. The lowest BCUT2D eigenvalue weighted by atomic mass is 10.1. The third-order valence-electron chi connectivity index (χ3n) is 3.83. The van der Waals surface area contributed by atoms with Crippen molar-refractivity contribution in [2.45, 2.75) is 26.3 Å². The molecule has 0 fully saturated rings. The van der Waals surface area contributed by atoms with Gasteiger partial charge in [0, 0.05) is 28.7 Å². The molecular weight excluding hydrogens is 268 g/mol. The highest BCUT2D eigenvalue weighted by Gasteiger charge is 2.23. The van der Waals surface area contributed by atoms with E-state index in [-0.39, 0.29) is 11.5 Å². The summed E-state index contributed by atoms with van der Waals surface area (Å²) in [5.74, 6) is 0. The molecule has 1 aromatic heterocycles. The van der Waals surface area contributed by atoms with Gasteiger partial charge >= 0.3 is 6.09 Å². The molecule has 0 saturated carbocycles. The topological polar surface area (TPSA) is 62.4 Å². The minimum Gasteiger partial charge on any atom is -0.450 e. The average Bonchev–Trinajstić information content (AvgIpc) is 2.70. The number of aromatic nitrogens is 1. The number of H-pyrrole nitrogens is 1. The molecule has 0 saturated heterocycles. The van der Waals surface area contributed by atoms with Crippen molar-refractivity contribution >= 4 is 17.0 Å². The SMILES string of the molecule is CCOC(=O)N1CCCc2[nH]c3ccccc3c(=O)c2C1. The first-order valence-electron chi connectivity index (χ1n) is 7.25. The van der Waals surface area contributed by atoms with Crippen LogP contribution in [0.4, 0.5) is 4.79 Å². The molecule has 0 aliphatic carbocycles. The van der Waals surface area contributed by atoms with Crippen molar-refractivity contribution in [3.05, 3.63) is 45.7 Å². The van der Waals surface area contributed by atoms with Crippen molar-refractivity contribution in [3.8, 4) is 0 Å². The quantitative estimate of drug-likeness (QED) is 0.875. The van der Waals surface area contributed by atoms with E-state index < -0.39 is 0 Å². The number of nitrogens with one attached hydrogen (secondary N) is 1. The Labute approximate surface area is 122 Å². The van der Waals surface area contributed by atoms with Crippen LogP contribution in [-0.4, -0.2) is 29.1 Å². The van der Waals surface area contributed by atoms with E-state index in [1.165, 1.54) is 0 Å². The lowest BCUT2D eigenvalue weighted by Crippen LogP contribution is -2.33. The Morgan fingerprint density at radius 3 is 3.00 bits per heavy atom. The number of aromatic amines is 1. The van der Waals surface area contributed by atoms with Crippen LogP contribution >= 0.6 is 0 Å². The van der Waals surface area contributed by atoms with Crippen molar-refractivity contribution in [2.75, 3.05) is 13.2 Å². The Bertz CT molecular complexity index is 736. The van der Waals surface area contributed by atoms with Crippen LogP contribution in [0.2, 0.25) is 0 Å². The summed E-state index contributed by atoms with van der Waals surface area (Å²) >= 11 is 0. The van der Waals surface area contributed by atoms with Gasteiger partial charge in [-0.15, -0.1) is 0 Å². The second-order valence-corrected chi connectivity index (χ2v) is 5.18. The zero-order valence-corrected chi connectivity index (χ0v) is 12.0. The van der Waals surface area contributed by atoms with E-state index in [1.54, 1.807) is 11.8 Å². The number of ether oxygens (including phenoxy) is 1. The number of fused-ring (bicyclic) bond motifs is 2. The fraction of sp³-hybridized carbons (Fsp3) is 0.375. The number of carbonyl (C=O) groups is 1. The molecule has 1 aliphatic rings. The van der Waals surface area contributed by atoms with E-state index in [2.05, 4.69) is 4.98 Å². The first-order chi connectivity index (χ1) is 10.2. The van der Waals surface area contributed by atoms with E-state index in [4.69, 9.17) is 4.74 Å². The van der Waals surface area contributed by atoms with Gasteiger partial charge in [-0.25, -0.2) is 4.79 Å². The number of nitrogens with zero attached hydrogens (tertiary/aromatic N) is 1. The van der Waals surface area contributed by atoms with Crippen LogP contribution in [0.1, 0.15) is 24.6 Å². The van der Waals surface area contributed by atoms with Crippen molar-refractivity contribution in [2.24, 2.45) is 0 Å². The van der Waals surface area contributed by atoms with E-state index in [9.17, 15) is 9.59 Å². The molecule has 1 aliphatic heterocycles. The number of para-hydroxylation sites is 1. The number of rotatable bonds is 1. The Morgan fingerprint density at radius 1 is 1.38 bits per heavy atom. The Hall–Kier alpha value is -2.30. The van der Waals surface area contributed by atoms with Crippen LogP contribution in [0, 0.1) is 0 Å². The largest absolute Gasteiger partial charge is 0.450 e. The smallest absolute Gasteiger partial charge is 0.410 e. The molecule has 0 radical (unpaired) electrons. The molecule has 0 spiro atoms. The highest BCUT2D eigenvalue weighted by molar-refractivity contribution is 5.79. The van der Waals surface area contributed by atoms with Gasteiger partial charge in [0.1, 0.15) is 0 Å².